The summed E-state index contributed by atoms with van der Waals surface area (Å²) in [5, 5.41) is 5.19. The third-order valence-corrected chi connectivity index (χ3v) is 9.78. The van der Waals surface area contributed by atoms with E-state index in [-0.39, 0.29) is 0 Å². The highest BCUT2D eigenvalue weighted by atomic mass is 15.0. The average molecular weight is 573 g/mol. The lowest BCUT2D eigenvalue weighted by Gasteiger charge is -2.13. The van der Waals surface area contributed by atoms with Crippen LogP contribution in [0.1, 0.15) is 11.1 Å². The van der Waals surface area contributed by atoms with Crippen molar-refractivity contribution in [3.63, 3.8) is 0 Å². The van der Waals surface area contributed by atoms with E-state index in [2.05, 4.69) is 167 Å². The second kappa shape index (κ2) is 9.32. The number of nitrogens with zero attached hydrogens (tertiary/aromatic N) is 2. The number of hydrogen-bond acceptors (Lipinski definition) is 0. The first kappa shape index (κ1) is 24.6. The summed E-state index contributed by atoms with van der Waals surface area (Å²) in [6, 6.07) is 57.6. The Morgan fingerprint density at radius 1 is 0.356 bits per heavy atom. The van der Waals surface area contributed by atoms with E-state index in [1.54, 1.807) is 0 Å². The molecular formula is C43H28N2. The van der Waals surface area contributed by atoms with Gasteiger partial charge in [0, 0.05) is 33.7 Å². The predicted octanol–water partition coefficient (Wildman–Crippen LogP) is 11.1. The van der Waals surface area contributed by atoms with Crippen LogP contribution in [0, 0.1) is 0 Å². The van der Waals surface area contributed by atoms with Gasteiger partial charge >= 0.3 is 0 Å². The van der Waals surface area contributed by atoms with Gasteiger partial charge in [-0.15, -0.1) is 0 Å². The second-order valence-electron chi connectivity index (χ2n) is 12.1. The van der Waals surface area contributed by atoms with Gasteiger partial charge in [-0.05, 0) is 75.8 Å². The Bertz CT molecular complexity index is 2600. The number of hydrogen-bond donors (Lipinski definition) is 0. The summed E-state index contributed by atoms with van der Waals surface area (Å²) in [6.45, 7) is 0. The number of aromatic nitrogens is 2. The summed E-state index contributed by atoms with van der Waals surface area (Å²) >= 11 is 0. The zero-order valence-electron chi connectivity index (χ0n) is 24.6. The minimum absolute atomic E-state index is 0.912. The molecular weight excluding hydrogens is 544 g/mol. The fraction of sp³-hybridized carbons (Fsp3) is 0.0233. The Labute approximate surface area is 261 Å². The van der Waals surface area contributed by atoms with E-state index in [0.717, 1.165) is 6.42 Å². The maximum Gasteiger partial charge on any atom is 0.0549 e. The highest BCUT2D eigenvalue weighted by molar-refractivity contribution is 6.29. The van der Waals surface area contributed by atoms with Crippen LogP contribution in [-0.4, -0.2) is 9.13 Å². The number of para-hydroxylation sites is 3. The van der Waals surface area contributed by atoms with Crippen LogP contribution in [0.15, 0.2) is 158 Å². The second-order valence-corrected chi connectivity index (χ2v) is 12.1. The fourth-order valence-corrected chi connectivity index (χ4v) is 7.95. The molecule has 2 aromatic heterocycles. The van der Waals surface area contributed by atoms with Crippen molar-refractivity contribution in [1.29, 1.82) is 0 Å². The zero-order valence-corrected chi connectivity index (χ0v) is 24.6. The molecule has 0 unspecified atom stereocenters. The Balaban J connectivity index is 1.28. The molecule has 1 aliphatic rings. The molecule has 2 heterocycles. The van der Waals surface area contributed by atoms with Crippen LogP contribution in [0.5, 0.6) is 0 Å². The van der Waals surface area contributed by atoms with Crippen molar-refractivity contribution >= 4 is 43.6 Å². The van der Waals surface area contributed by atoms with Crippen LogP contribution in [-0.2, 0) is 6.42 Å². The monoisotopic (exact) mass is 572 g/mol. The number of rotatable bonds is 3. The normalized spacial score (nSPS) is 12.4. The topological polar surface area (TPSA) is 9.86 Å². The molecule has 0 aliphatic heterocycles. The molecule has 9 aromatic rings. The van der Waals surface area contributed by atoms with Gasteiger partial charge in [0.1, 0.15) is 0 Å². The molecule has 0 amide bonds. The van der Waals surface area contributed by atoms with E-state index in [1.165, 1.54) is 88.4 Å². The minimum atomic E-state index is 0.912. The van der Waals surface area contributed by atoms with Gasteiger partial charge in [0.25, 0.3) is 0 Å². The smallest absolute Gasteiger partial charge is 0.0549 e. The third kappa shape index (κ3) is 3.39. The maximum atomic E-state index is 2.52. The highest BCUT2D eigenvalue weighted by Crippen LogP contribution is 2.47. The molecule has 0 spiro atoms. The fourth-order valence-electron chi connectivity index (χ4n) is 7.95. The van der Waals surface area contributed by atoms with Gasteiger partial charge in [0.05, 0.1) is 27.8 Å². The Hall–Kier alpha value is -5.86. The van der Waals surface area contributed by atoms with Gasteiger partial charge in [-0.2, -0.15) is 0 Å². The maximum absolute atomic E-state index is 2.52. The third-order valence-electron chi connectivity index (χ3n) is 9.78. The van der Waals surface area contributed by atoms with Crippen LogP contribution in [0.2, 0.25) is 0 Å². The summed E-state index contributed by atoms with van der Waals surface area (Å²) in [5.74, 6) is 0. The molecule has 0 saturated heterocycles. The molecule has 210 valence electrons. The minimum Gasteiger partial charge on any atom is -0.309 e. The van der Waals surface area contributed by atoms with Gasteiger partial charge in [-0.25, -0.2) is 0 Å². The van der Waals surface area contributed by atoms with Crippen molar-refractivity contribution < 1.29 is 0 Å². The zero-order chi connectivity index (χ0) is 29.5. The summed E-state index contributed by atoms with van der Waals surface area (Å²) < 4.78 is 4.93. The molecule has 0 fully saturated rings. The average Bonchev–Trinajstić information content (AvgIpc) is 3.77. The van der Waals surface area contributed by atoms with Crippen LogP contribution >= 0.6 is 0 Å². The van der Waals surface area contributed by atoms with Crippen molar-refractivity contribution in [3.8, 4) is 33.6 Å². The first-order chi connectivity index (χ1) is 22.4. The van der Waals surface area contributed by atoms with Crippen molar-refractivity contribution in [1.82, 2.24) is 9.13 Å². The predicted molar refractivity (Wildman–Crippen MR) is 189 cm³/mol. The van der Waals surface area contributed by atoms with E-state index >= 15 is 0 Å². The molecule has 0 radical (unpaired) electrons. The standard InChI is InChI=1S/C43H28N2/c1-3-13-28(14-4-1)30-19-11-20-31-32-21-12-24-39(36(32)27-35(30)31)45-38-23-10-8-18-34(38)43-41(45)26-25-40-42(43)33-17-7-9-22-37(33)44(40)29-15-5-2-6-16-29/h1-26H,27H2. The lowest BCUT2D eigenvalue weighted by Crippen LogP contribution is -1.99. The van der Waals surface area contributed by atoms with E-state index in [9.17, 15) is 0 Å². The molecule has 0 bridgehead atoms. The van der Waals surface area contributed by atoms with Crippen molar-refractivity contribution in [3.05, 3.63) is 169 Å². The number of fused-ring (bicyclic) bond motifs is 10. The van der Waals surface area contributed by atoms with Crippen LogP contribution in [0.25, 0.3) is 77.2 Å². The Morgan fingerprint density at radius 2 is 0.889 bits per heavy atom. The van der Waals surface area contributed by atoms with Gasteiger partial charge in [0.15, 0.2) is 0 Å². The van der Waals surface area contributed by atoms with Crippen molar-refractivity contribution in [2.24, 2.45) is 0 Å². The van der Waals surface area contributed by atoms with Gasteiger partial charge in [-0.3, -0.25) is 0 Å². The lowest BCUT2D eigenvalue weighted by atomic mass is 9.96. The van der Waals surface area contributed by atoms with Crippen LogP contribution in [0.4, 0.5) is 0 Å². The molecule has 0 N–H and O–H groups in total. The first-order valence-electron chi connectivity index (χ1n) is 15.7. The Kier molecular flexibility index (Phi) is 5.09. The molecule has 0 saturated carbocycles. The summed E-state index contributed by atoms with van der Waals surface area (Å²) in [4.78, 5) is 0. The van der Waals surface area contributed by atoms with Crippen LogP contribution in [0.3, 0.4) is 0 Å². The van der Waals surface area contributed by atoms with Crippen LogP contribution < -0.4 is 0 Å². The molecule has 45 heavy (non-hydrogen) atoms. The van der Waals surface area contributed by atoms with E-state index in [4.69, 9.17) is 0 Å². The summed E-state index contributed by atoms with van der Waals surface area (Å²) in [5.41, 5.74) is 15.5. The van der Waals surface area contributed by atoms with Crippen molar-refractivity contribution in [2.75, 3.05) is 0 Å². The van der Waals surface area contributed by atoms with E-state index < -0.39 is 0 Å². The SMILES string of the molecule is c1ccc(-c2cccc3c2Cc2c-3cccc2-n2c3ccccc3c3c4c5ccccc5n(-c5ccccc5)c4ccc32)cc1. The van der Waals surface area contributed by atoms with Crippen molar-refractivity contribution in [2.45, 2.75) is 6.42 Å². The highest BCUT2D eigenvalue weighted by Gasteiger charge is 2.27. The molecule has 1 aliphatic carbocycles. The van der Waals surface area contributed by atoms with Gasteiger partial charge in [-0.1, -0.05) is 115 Å². The molecule has 0 atom stereocenters. The number of benzene rings is 7. The quantitative estimate of drug-likeness (QED) is 0.199. The summed E-state index contributed by atoms with van der Waals surface area (Å²) in [7, 11) is 0. The van der Waals surface area contributed by atoms with Gasteiger partial charge < -0.3 is 9.13 Å². The molecule has 2 nitrogen and oxygen atoms in total. The van der Waals surface area contributed by atoms with E-state index in [1.807, 2.05) is 0 Å². The summed E-state index contributed by atoms with van der Waals surface area (Å²) in [6.07, 6.45) is 0.912. The molecule has 10 rings (SSSR count). The largest absolute Gasteiger partial charge is 0.309 e. The molecule has 7 aromatic carbocycles. The Morgan fingerprint density at radius 3 is 1.60 bits per heavy atom. The van der Waals surface area contributed by atoms with Gasteiger partial charge in [0.2, 0.25) is 0 Å². The molecule has 2 heteroatoms. The first-order valence-corrected chi connectivity index (χ1v) is 15.7. The van der Waals surface area contributed by atoms with E-state index in [0.29, 0.717) is 0 Å². The lowest BCUT2D eigenvalue weighted by molar-refractivity contribution is 1.12.